The summed E-state index contributed by atoms with van der Waals surface area (Å²) in [7, 11) is 0. The van der Waals surface area contributed by atoms with E-state index >= 15 is 0 Å². The van der Waals surface area contributed by atoms with Gasteiger partial charge in [0.2, 0.25) is 0 Å². The number of nitrogens with one attached hydrogen (secondary N) is 2. The highest BCUT2D eigenvalue weighted by molar-refractivity contribution is 5.79. The Kier molecular flexibility index (Phi) is 10.3. The van der Waals surface area contributed by atoms with Crippen molar-refractivity contribution in [2.75, 3.05) is 39.3 Å². The van der Waals surface area contributed by atoms with E-state index in [1.807, 2.05) is 0 Å². The molecule has 5 heteroatoms. The van der Waals surface area contributed by atoms with Crippen molar-refractivity contribution in [2.24, 2.45) is 16.8 Å². The molecule has 2 unspecified atom stereocenters. The lowest BCUT2D eigenvalue weighted by atomic mass is 9.94. The first kappa shape index (κ1) is 20.2. The molecule has 0 aromatic rings. The van der Waals surface area contributed by atoms with Crippen LogP contribution in [0.4, 0.5) is 0 Å². The molecule has 136 valence electrons. The Hall–Kier alpha value is -0.810. The predicted octanol–water partition coefficient (Wildman–Crippen LogP) is 2.07. The van der Waals surface area contributed by atoms with Crippen LogP contribution in [0.3, 0.4) is 0 Å². The molecule has 3 N–H and O–H groups in total. The van der Waals surface area contributed by atoms with Crippen molar-refractivity contribution in [2.45, 2.75) is 59.4 Å². The molecule has 1 heterocycles. The van der Waals surface area contributed by atoms with Gasteiger partial charge in [-0.2, -0.15) is 0 Å². The van der Waals surface area contributed by atoms with Gasteiger partial charge in [-0.15, -0.1) is 0 Å². The van der Waals surface area contributed by atoms with E-state index in [9.17, 15) is 5.11 Å². The molecule has 0 bridgehead atoms. The van der Waals surface area contributed by atoms with Crippen LogP contribution >= 0.6 is 0 Å². The lowest BCUT2D eigenvalue weighted by Gasteiger charge is -2.24. The summed E-state index contributed by atoms with van der Waals surface area (Å²) in [6.45, 7) is 14.1. The predicted molar refractivity (Wildman–Crippen MR) is 98.9 cm³/mol. The van der Waals surface area contributed by atoms with E-state index in [2.05, 4.69) is 43.2 Å². The zero-order valence-corrected chi connectivity index (χ0v) is 15.6. The maximum Gasteiger partial charge on any atom is 0.191 e. The average molecular weight is 327 g/mol. The molecular formula is C18H38N4O. The fourth-order valence-corrected chi connectivity index (χ4v) is 3.45. The van der Waals surface area contributed by atoms with Crippen LogP contribution in [-0.2, 0) is 0 Å². The smallest absolute Gasteiger partial charge is 0.191 e. The van der Waals surface area contributed by atoms with Crippen molar-refractivity contribution in [1.82, 2.24) is 15.5 Å². The molecule has 0 aliphatic carbocycles. The number of likely N-dealkylation sites (N-methyl/N-ethyl adjacent to an activating group) is 1. The van der Waals surface area contributed by atoms with Crippen LogP contribution in [0.2, 0.25) is 0 Å². The lowest BCUT2D eigenvalue weighted by molar-refractivity contribution is 0.245. The van der Waals surface area contributed by atoms with Crippen molar-refractivity contribution in [3.05, 3.63) is 0 Å². The molecule has 1 rings (SSSR count). The van der Waals surface area contributed by atoms with Gasteiger partial charge in [0.05, 0.1) is 0 Å². The summed E-state index contributed by atoms with van der Waals surface area (Å²) in [5, 5.41) is 16.1. The molecule has 23 heavy (non-hydrogen) atoms. The summed E-state index contributed by atoms with van der Waals surface area (Å²) in [5.41, 5.74) is 0. The van der Waals surface area contributed by atoms with Crippen LogP contribution in [0.1, 0.15) is 53.4 Å². The fraction of sp³-hybridized carbons (Fsp3) is 0.944. The van der Waals surface area contributed by atoms with Gasteiger partial charge in [0.25, 0.3) is 0 Å². The van der Waals surface area contributed by atoms with Crippen molar-refractivity contribution in [3.63, 3.8) is 0 Å². The third-order valence-corrected chi connectivity index (χ3v) is 4.60. The molecule has 1 saturated heterocycles. The Balaban J connectivity index is 2.50. The second kappa shape index (κ2) is 11.7. The number of nitrogens with zero attached hydrogens (tertiary/aromatic N) is 2. The summed E-state index contributed by atoms with van der Waals surface area (Å²) in [6.07, 6.45) is 4.55. The summed E-state index contributed by atoms with van der Waals surface area (Å²) < 4.78 is 0. The topological polar surface area (TPSA) is 59.9 Å². The molecule has 1 aliphatic rings. The average Bonchev–Trinajstić information content (AvgIpc) is 2.97. The summed E-state index contributed by atoms with van der Waals surface area (Å²) in [6, 6.07) is 0.632. The van der Waals surface area contributed by atoms with E-state index in [1.54, 1.807) is 0 Å². The highest BCUT2D eigenvalue weighted by Crippen LogP contribution is 2.16. The maximum atomic E-state index is 9.24. The van der Waals surface area contributed by atoms with Gasteiger partial charge in [0.1, 0.15) is 0 Å². The number of likely N-dealkylation sites (tertiary alicyclic amines) is 1. The Labute approximate surface area is 142 Å². The van der Waals surface area contributed by atoms with Gasteiger partial charge in [0.15, 0.2) is 5.96 Å². The monoisotopic (exact) mass is 326 g/mol. The van der Waals surface area contributed by atoms with E-state index in [1.165, 1.54) is 19.4 Å². The molecule has 5 nitrogen and oxygen atoms in total. The number of hydrogen-bond acceptors (Lipinski definition) is 3. The number of aliphatic imine (C=N–C) groups is 1. The van der Waals surface area contributed by atoms with Crippen LogP contribution in [0.15, 0.2) is 4.99 Å². The fourth-order valence-electron chi connectivity index (χ4n) is 3.45. The Morgan fingerprint density at radius 2 is 2.09 bits per heavy atom. The maximum absolute atomic E-state index is 9.24. The minimum absolute atomic E-state index is 0.254. The Bertz CT molecular complexity index is 333. The van der Waals surface area contributed by atoms with Crippen LogP contribution < -0.4 is 10.6 Å². The van der Waals surface area contributed by atoms with Crippen molar-refractivity contribution < 1.29 is 5.11 Å². The molecule has 2 atom stereocenters. The summed E-state index contributed by atoms with van der Waals surface area (Å²) in [5.74, 6) is 2.03. The van der Waals surface area contributed by atoms with Gasteiger partial charge in [-0.3, -0.25) is 9.89 Å². The van der Waals surface area contributed by atoms with E-state index in [0.717, 1.165) is 45.0 Å². The lowest BCUT2D eigenvalue weighted by Crippen LogP contribution is -2.45. The Morgan fingerprint density at radius 1 is 1.30 bits per heavy atom. The van der Waals surface area contributed by atoms with E-state index in [0.29, 0.717) is 17.9 Å². The number of guanidine groups is 1. The molecule has 0 saturated carbocycles. The first-order chi connectivity index (χ1) is 11.1. The van der Waals surface area contributed by atoms with Crippen LogP contribution in [0.5, 0.6) is 0 Å². The van der Waals surface area contributed by atoms with Gasteiger partial charge in [-0.1, -0.05) is 20.8 Å². The minimum Gasteiger partial charge on any atom is -0.396 e. The summed E-state index contributed by atoms with van der Waals surface area (Å²) >= 11 is 0. The van der Waals surface area contributed by atoms with Crippen molar-refractivity contribution in [1.29, 1.82) is 0 Å². The first-order valence-corrected chi connectivity index (χ1v) is 9.47. The summed E-state index contributed by atoms with van der Waals surface area (Å²) in [4.78, 5) is 7.31. The van der Waals surface area contributed by atoms with Gasteiger partial charge in [-0.05, 0) is 57.5 Å². The molecule has 1 aliphatic heterocycles. The van der Waals surface area contributed by atoms with Crippen molar-refractivity contribution in [3.8, 4) is 0 Å². The highest BCUT2D eigenvalue weighted by Gasteiger charge is 2.22. The number of rotatable bonds is 10. The number of aliphatic hydroxyl groups is 1. The SMILES string of the molecule is CCNC(=NCC(CCO)CC(C)C)NCC1CCCN1CC. The quantitative estimate of drug-likeness (QED) is 0.425. The molecule has 0 aromatic heterocycles. The van der Waals surface area contributed by atoms with E-state index in [4.69, 9.17) is 4.99 Å². The van der Waals surface area contributed by atoms with Crippen LogP contribution in [-0.4, -0.2) is 61.3 Å². The second-order valence-electron chi connectivity index (χ2n) is 7.03. The molecule has 0 radical (unpaired) electrons. The zero-order chi connectivity index (χ0) is 17.1. The number of aliphatic hydroxyl groups excluding tert-OH is 1. The number of hydrogen-bond donors (Lipinski definition) is 3. The van der Waals surface area contributed by atoms with E-state index in [-0.39, 0.29) is 6.61 Å². The third kappa shape index (κ3) is 8.02. The van der Waals surface area contributed by atoms with Gasteiger partial charge in [0, 0.05) is 32.3 Å². The third-order valence-electron chi connectivity index (χ3n) is 4.60. The second-order valence-corrected chi connectivity index (χ2v) is 7.03. The molecule has 1 fully saturated rings. The molecule has 0 amide bonds. The van der Waals surface area contributed by atoms with Crippen molar-refractivity contribution >= 4 is 5.96 Å². The highest BCUT2D eigenvalue weighted by atomic mass is 16.3. The standard InChI is InChI=1S/C18H38N4O/c1-5-19-18(20-13-16(9-11-23)12-15(3)4)21-14-17-8-7-10-22(17)6-2/h15-17,23H,5-14H2,1-4H3,(H2,19,20,21). The van der Waals surface area contributed by atoms with Crippen LogP contribution in [0, 0.1) is 11.8 Å². The van der Waals surface area contributed by atoms with Gasteiger partial charge < -0.3 is 15.7 Å². The van der Waals surface area contributed by atoms with E-state index < -0.39 is 0 Å². The molecular weight excluding hydrogens is 288 g/mol. The van der Waals surface area contributed by atoms with Gasteiger partial charge in [-0.25, -0.2) is 0 Å². The Morgan fingerprint density at radius 3 is 2.70 bits per heavy atom. The largest absolute Gasteiger partial charge is 0.396 e. The molecule has 0 spiro atoms. The van der Waals surface area contributed by atoms with Crippen LogP contribution in [0.25, 0.3) is 0 Å². The normalized spacial score (nSPS) is 21.0. The zero-order valence-electron chi connectivity index (χ0n) is 15.6. The molecule has 0 aromatic carbocycles. The minimum atomic E-state index is 0.254. The first-order valence-electron chi connectivity index (χ1n) is 9.47. The van der Waals surface area contributed by atoms with Gasteiger partial charge >= 0.3 is 0 Å².